The quantitative estimate of drug-likeness (QED) is 0.0494. The predicted molar refractivity (Wildman–Crippen MR) is 128 cm³/mol. The van der Waals surface area contributed by atoms with E-state index in [1.807, 2.05) is 0 Å². The van der Waals surface area contributed by atoms with Crippen molar-refractivity contribution in [2.24, 2.45) is 0 Å². The summed E-state index contributed by atoms with van der Waals surface area (Å²) in [4.78, 5) is 81.1. The summed E-state index contributed by atoms with van der Waals surface area (Å²) in [5.41, 5.74) is 0.826. The van der Waals surface area contributed by atoms with Gasteiger partial charge in [0.2, 0.25) is 24.1 Å². The SMILES string of the molecule is C/C=C\C(=O)N(C=O)CCC(=O)NC([C-]=O)CCC(=O)NCCC(=O)Nc1[c-]ccc(COC(=O)O)c1.[K+].[Y]. The zero-order valence-corrected chi connectivity index (χ0v) is 27.7. The number of anilines is 1. The molecule has 1 rings (SSSR count). The molecule has 1 unspecified atom stereocenters. The molecule has 1 radical (unpaired) electrons. The number of carbonyl (C=O) groups is 6. The zero-order valence-electron chi connectivity index (χ0n) is 21.7. The molecular weight excluding hydrogens is 616 g/mol. The summed E-state index contributed by atoms with van der Waals surface area (Å²) in [5, 5.41) is 16.0. The number of nitrogens with one attached hydrogen (secondary N) is 3. The molecule has 1 atom stereocenters. The van der Waals surface area contributed by atoms with Crippen molar-refractivity contribution in [1.82, 2.24) is 15.5 Å². The second kappa shape index (κ2) is 23.0. The predicted octanol–water partition coefficient (Wildman–Crippen LogP) is -2.55. The summed E-state index contributed by atoms with van der Waals surface area (Å²) >= 11 is 0. The fourth-order valence-corrected chi connectivity index (χ4v) is 2.81. The van der Waals surface area contributed by atoms with E-state index in [2.05, 4.69) is 26.8 Å². The second-order valence-electron chi connectivity index (χ2n) is 7.48. The first-order chi connectivity index (χ1) is 17.7. The summed E-state index contributed by atoms with van der Waals surface area (Å²) in [6.07, 6.45) is 2.67. The molecule has 0 fully saturated rings. The van der Waals surface area contributed by atoms with Gasteiger partial charge in [-0.15, -0.1) is 11.6 Å². The second-order valence-corrected chi connectivity index (χ2v) is 7.48. The van der Waals surface area contributed by atoms with Crippen molar-refractivity contribution in [3.63, 3.8) is 0 Å². The maximum absolute atomic E-state index is 12.1. The minimum absolute atomic E-state index is 0. The Balaban J connectivity index is 0. The monoisotopic (exact) mass is 644 g/mol. The number of amides is 5. The van der Waals surface area contributed by atoms with Gasteiger partial charge in [-0.1, -0.05) is 17.8 Å². The van der Waals surface area contributed by atoms with Crippen LogP contribution < -0.4 is 67.3 Å². The van der Waals surface area contributed by atoms with E-state index in [1.165, 1.54) is 24.3 Å². The Morgan fingerprint density at radius 3 is 2.49 bits per heavy atom. The number of carbonyl (C=O) groups excluding carboxylic acids is 6. The topological polar surface area (TPSA) is 188 Å². The average Bonchev–Trinajstić information content (AvgIpc) is 2.86. The molecule has 39 heavy (non-hydrogen) atoms. The van der Waals surface area contributed by atoms with Crippen molar-refractivity contribution in [3.8, 4) is 0 Å². The van der Waals surface area contributed by atoms with Gasteiger partial charge in [0.05, 0.1) is 6.61 Å². The number of hydrogen-bond donors (Lipinski definition) is 4. The molecule has 0 heterocycles. The Morgan fingerprint density at radius 1 is 1.15 bits per heavy atom. The van der Waals surface area contributed by atoms with E-state index in [-0.39, 0.29) is 129 Å². The van der Waals surface area contributed by atoms with Gasteiger partial charge in [-0.25, -0.2) is 11.1 Å². The van der Waals surface area contributed by atoms with Crippen LogP contribution in [0.25, 0.3) is 0 Å². The minimum atomic E-state index is -1.42. The van der Waals surface area contributed by atoms with Crippen molar-refractivity contribution < 1.29 is 127 Å². The largest absolute Gasteiger partial charge is 1.00 e. The fourth-order valence-electron chi connectivity index (χ4n) is 2.81. The van der Waals surface area contributed by atoms with E-state index in [9.17, 15) is 33.6 Å². The molecule has 0 aliphatic rings. The molecule has 0 aromatic heterocycles. The minimum Gasteiger partial charge on any atom is -0.540 e. The number of carboxylic acid groups (broad SMARTS) is 1. The van der Waals surface area contributed by atoms with E-state index in [4.69, 9.17) is 5.11 Å². The number of imide groups is 1. The summed E-state index contributed by atoms with van der Waals surface area (Å²) in [7, 11) is 0. The molecule has 15 heteroatoms. The van der Waals surface area contributed by atoms with Crippen LogP contribution in [0.1, 0.15) is 38.2 Å². The summed E-state index contributed by atoms with van der Waals surface area (Å²) < 4.78 is 4.46. The Bertz CT molecular complexity index is 1020. The van der Waals surface area contributed by atoms with Crippen LogP contribution in [-0.2, 0) is 72.8 Å². The van der Waals surface area contributed by atoms with Crippen molar-refractivity contribution in [2.45, 2.75) is 45.3 Å². The molecule has 4 N–H and O–H groups in total. The van der Waals surface area contributed by atoms with Crippen molar-refractivity contribution in [2.75, 3.05) is 18.4 Å². The van der Waals surface area contributed by atoms with Crippen LogP contribution >= 0.6 is 0 Å². The fraction of sp³-hybridized carbons (Fsp3) is 0.375. The Labute approximate surface area is 293 Å². The molecule has 0 aliphatic heterocycles. The van der Waals surface area contributed by atoms with Crippen LogP contribution in [0.15, 0.2) is 30.4 Å². The first kappa shape index (κ1) is 39.3. The van der Waals surface area contributed by atoms with E-state index in [0.29, 0.717) is 17.7 Å². The van der Waals surface area contributed by atoms with Crippen LogP contribution in [-0.4, -0.2) is 71.6 Å². The van der Waals surface area contributed by atoms with E-state index < -0.39 is 35.8 Å². The Hall–Kier alpha value is -1.81. The van der Waals surface area contributed by atoms with Crippen LogP contribution in [0.5, 0.6) is 0 Å². The maximum atomic E-state index is 12.1. The summed E-state index contributed by atoms with van der Waals surface area (Å²) in [6, 6.07) is 6.29. The number of ether oxygens (including phenoxy) is 1. The molecule has 0 spiro atoms. The molecule has 203 valence electrons. The van der Waals surface area contributed by atoms with E-state index >= 15 is 0 Å². The molecule has 0 bridgehead atoms. The third-order valence-corrected chi connectivity index (χ3v) is 4.61. The summed E-state index contributed by atoms with van der Waals surface area (Å²) in [6.45, 7) is 1.25. The Morgan fingerprint density at radius 2 is 1.87 bits per heavy atom. The normalized spacial score (nSPS) is 10.6. The van der Waals surface area contributed by atoms with Crippen LogP contribution in [0.4, 0.5) is 10.5 Å². The van der Waals surface area contributed by atoms with Crippen LogP contribution in [0, 0.1) is 6.07 Å². The van der Waals surface area contributed by atoms with Gasteiger partial charge < -0.3 is 30.6 Å². The van der Waals surface area contributed by atoms with Gasteiger partial charge in [0.25, 0.3) is 5.91 Å². The molecule has 1 aromatic carbocycles. The molecule has 1 aromatic rings. The molecule has 0 aliphatic carbocycles. The number of allylic oxidation sites excluding steroid dienone is 1. The molecular formula is C24H28KN4O9Y-. The third-order valence-electron chi connectivity index (χ3n) is 4.61. The van der Waals surface area contributed by atoms with Crippen molar-refractivity contribution in [1.29, 1.82) is 0 Å². The van der Waals surface area contributed by atoms with Gasteiger partial charge >= 0.3 is 57.5 Å². The van der Waals surface area contributed by atoms with Crippen molar-refractivity contribution in [3.05, 3.63) is 42.0 Å². The summed E-state index contributed by atoms with van der Waals surface area (Å²) in [5.74, 6) is -2.05. The van der Waals surface area contributed by atoms with E-state index in [0.717, 1.165) is 4.90 Å². The Kier molecular flexibility index (Phi) is 23.1. The number of rotatable bonds is 16. The van der Waals surface area contributed by atoms with E-state index in [1.54, 1.807) is 19.3 Å². The molecule has 5 amide bonds. The number of nitrogens with zero attached hydrogens (tertiary/aromatic N) is 1. The molecule has 0 saturated heterocycles. The first-order valence-corrected chi connectivity index (χ1v) is 11.2. The van der Waals surface area contributed by atoms with Crippen molar-refractivity contribution >= 4 is 48.2 Å². The van der Waals surface area contributed by atoms with Gasteiger partial charge in [0.15, 0.2) is 0 Å². The van der Waals surface area contributed by atoms with Crippen LogP contribution in [0.3, 0.4) is 0 Å². The standard InChI is InChI=1S/C24H28N4O9.K.Y/c1-2-4-23(34)28(16-30)12-10-22(33)27-19(14-29)7-8-20(31)25-11-9-21(32)26-18-6-3-5-17(13-18)15-37-24(35)36;;/h2-5,13,16,19H,7-12,15H2,1H3,(H,25,31)(H,26,32)(H,27,33)(H,35,36);;/q-2;+1;/b4-2-;;. The number of hydrogen-bond acceptors (Lipinski definition) is 8. The molecule has 13 nitrogen and oxygen atoms in total. The van der Waals surface area contributed by atoms with Gasteiger partial charge in [-0.3, -0.25) is 28.9 Å². The van der Waals surface area contributed by atoms with Crippen LogP contribution in [0.2, 0.25) is 0 Å². The third kappa shape index (κ3) is 18.2. The van der Waals surface area contributed by atoms with Gasteiger partial charge in [-0.2, -0.15) is 18.2 Å². The number of benzene rings is 1. The van der Waals surface area contributed by atoms with Gasteiger partial charge in [0, 0.05) is 65.1 Å². The zero-order chi connectivity index (χ0) is 27.6. The first-order valence-electron chi connectivity index (χ1n) is 11.2. The smallest absolute Gasteiger partial charge is 0.540 e. The average molecular weight is 645 g/mol. The van der Waals surface area contributed by atoms with Gasteiger partial charge in [-0.05, 0) is 19.4 Å². The maximum Gasteiger partial charge on any atom is 1.00 e. The van der Waals surface area contributed by atoms with Gasteiger partial charge in [0.1, 0.15) is 0 Å². The molecule has 0 saturated carbocycles.